The molecule has 0 radical (unpaired) electrons. The minimum Gasteiger partial charge on any atom is -0.493 e. The van der Waals surface area contributed by atoms with Gasteiger partial charge in [0.05, 0.1) is 19.5 Å². The van der Waals surface area contributed by atoms with Crippen LogP contribution in [0.3, 0.4) is 0 Å². The highest BCUT2D eigenvalue weighted by molar-refractivity contribution is 7.88. The number of hydrogen-bond acceptors (Lipinski definition) is 7. The molecule has 2 aromatic carbocycles. The summed E-state index contributed by atoms with van der Waals surface area (Å²) in [5, 5.41) is 3.32. The van der Waals surface area contributed by atoms with E-state index in [9.17, 15) is 17.6 Å². The Labute approximate surface area is 237 Å². The van der Waals surface area contributed by atoms with E-state index in [0.29, 0.717) is 68.4 Å². The number of likely N-dealkylation sites (N-methyl/N-ethyl adjacent to an activating group) is 1. The molecule has 222 valence electrons. The first-order valence-electron chi connectivity index (χ1n) is 13.7. The van der Waals surface area contributed by atoms with Crippen LogP contribution >= 0.6 is 0 Å². The third-order valence-electron chi connectivity index (χ3n) is 7.08. The molecule has 40 heavy (non-hydrogen) atoms. The van der Waals surface area contributed by atoms with Crippen LogP contribution in [-0.2, 0) is 20.5 Å². The lowest BCUT2D eigenvalue weighted by atomic mass is 10.0. The number of ether oxygens (including phenoxy) is 3. The molecule has 2 aromatic rings. The zero-order chi connectivity index (χ0) is 29.3. The van der Waals surface area contributed by atoms with Crippen LogP contribution in [0.25, 0.3) is 0 Å². The maximum absolute atomic E-state index is 13.7. The molecule has 0 spiro atoms. The molecule has 1 fully saturated rings. The van der Waals surface area contributed by atoms with E-state index in [1.165, 1.54) is 28.6 Å². The number of methoxy groups -OCH3 is 2. The number of carbonyl (C=O) groups excluding carboxylic acids is 1. The molecule has 3 rings (SSSR count). The highest BCUT2D eigenvalue weighted by Crippen LogP contribution is 2.30. The van der Waals surface area contributed by atoms with Crippen molar-refractivity contribution in [3.63, 3.8) is 0 Å². The molecule has 0 unspecified atom stereocenters. The van der Waals surface area contributed by atoms with Crippen LogP contribution < -0.4 is 14.8 Å². The van der Waals surface area contributed by atoms with Gasteiger partial charge in [0, 0.05) is 69.9 Å². The fourth-order valence-corrected chi connectivity index (χ4v) is 6.84. The van der Waals surface area contributed by atoms with Gasteiger partial charge in [0.15, 0.2) is 11.5 Å². The summed E-state index contributed by atoms with van der Waals surface area (Å²) in [7, 11) is -0.499. The molecule has 9 nitrogen and oxygen atoms in total. The largest absolute Gasteiger partial charge is 0.493 e. The first kappa shape index (κ1) is 31.8. The van der Waals surface area contributed by atoms with Crippen LogP contribution in [0.15, 0.2) is 42.5 Å². The van der Waals surface area contributed by atoms with Gasteiger partial charge in [-0.15, -0.1) is 0 Å². The molecule has 1 aliphatic heterocycles. The topological polar surface area (TPSA) is 97.4 Å². The predicted molar refractivity (Wildman–Crippen MR) is 153 cm³/mol. The van der Waals surface area contributed by atoms with E-state index in [2.05, 4.69) is 5.32 Å². The lowest BCUT2D eigenvalue weighted by Crippen LogP contribution is -2.49. The molecule has 0 saturated carbocycles. The molecular formula is C29H42FN3O6S. The van der Waals surface area contributed by atoms with Crippen molar-refractivity contribution in [2.75, 3.05) is 53.6 Å². The number of nitrogens with zero attached hydrogens (tertiary/aromatic N) is 2. The van der Waals surface area contributed by atoms with E-state index >= 15 is 0 Å². The molecule has 1 amide bonds. The molecule has 0 aromatic heterocycles. The van der Waals surface area contributed by atoms with Gasteiger partial charge in [-0.1, -0.05) is 19.1 Å². The standard InChI is InChI=1S/C29H42FN3O6S/c1-6-33(40(35,36)20-22-8-11-25(30)12-9-22)26-18-31-17-24(26)19-32(21(2)3)29(34)23-10-13-27(38-5)28(16-23)39-15-7-14-37-4/h8-13,16,21,24,26,31H,6-7,14-15,17-20H2,1-5H3/t24-,26+/m0/s1. The van der Waals surface area contributed by atoms with E-state index < -0.39 is 15.8 Å². The van der Waals surface area contributed by atoms with E-state index in [0.717, 1.165) is 0 Å². The summed E-state index contributed by atoms with van der Waals surface area (Å²) in [6.07, 6.45) is 0.698. The summed E-state index contributed by atoms with van der Waals surface area (Å²) in [6, 6.07) is 10.2. The van der Waals surface area contributed by atoms with E-state index in [4.69, 9.17) is 14.2 Å². The zero-order valence-corrected chi connectivity index (χ0v) is 24.9. The molecule has 0 bridgehead atoms. The number of benzene rings is 2. The van der Waals surface area contributed by atoms with Crippen LogP contribution in [0.2, 0.25) is 0 Å². The Kier molecular flexibility index (Phi) is 11.7. The Balaban J connectivity index is 1.78. The number of carbonyl (C=O) groups is 1. The van der Waals surface area contributed by atoms with Crippen LogP contribution in [-0.4, -0.2) is 89.2 Å². The highest BCUT2D eigenvalue weighted by atomic mass is 32.2. The number of halogens is 1. The number of sulfonamides is 1. The normalized spacial score (nSPS) is 17.4. The van der Waals surface area contributed by atoms with Gasteiger partial charge >= 0.3 is 0 Å². The van der Waals surface area contributed by atoms with E-state index in [1.54, 1.807) is 37.3 Å². The summed E-state index contributed by atoms with van der Waals surface area (Å²) >= 11 is 0. The smallest absolute Gasteiger partial charge is 0.254 e. The Hall–Kier alpha value is -2.73. The maximum Gasteiger partial charge on any atom is 0.254 e. The molecule has 1 aliphatic rings. The summed E-state index contributed by atoms with van der Waals surface area (Å²) in [5.74, 6) is 0.122. The number of amides is 1. The van der Waals surface area contributed by atoms with Gasteiger partial charge in [0.1, 0.15) is 5.82 Å². The van der Waals surface area contributed by atoms with Crippen molar-refractivity contribution in [1.82, 2.24) is 14.5 Å². The van der Waals surface area contributed by atoms with Gasteiger partial charge in [-0.25, -0.2) is 12.8 Å². The molecule has 1 N–H and O–H groups in total. The Bertz CT molecular complexity index is 1210. The second-order valence-corrected chi connectivity index (χ2v) is 12.1. The molecule has 2 atom stereocenters. The van der Waals surface area contributed by atoms with Crippen molar-refractivity contribution >= 4 is 15.9 Å². The van der Waals surface area contributed by atoms with Gasteiger partial charge in [-0.2, -0.15) is 4.31 Å². The van der Waals surface area contributed by atoms with E-state index in [1.807, 2.05) is 20.8 Å². The van der Waals surface area contributed by atoms with Gasteiger partial charge < -0.3 is 24.4 Å². The second-order valence-electron chi connectivity index (χ2n) is 10.2. The SMILES string of the molecule is CCN([C@@H]1CNC[C@H]1CN(C(=O)c1ccc(OC)c(OCCCOC)c1)C(C)C)S(=O)(=O)Cc1ccc(F)cc1. The first-order valence-corrected chi connectivity index (χ1v) is 15.3. The van der Waals surface area contributed by atoms with Gasteiger partial charge in [-0.05, 0) is 49.7 Å². The Morgan fingerprint density at radius 2 is 1.80 bits per heavy atom. The number of hydrogen-bond donors (Lipinski definition) is 1. The third kappa shape index (κ3) is 8.15. The lowest BCUT2D eigenvalue weighted by molar-refractivity contribution is 0.0657. The number of nitrogens with one attached hydrogen (secondary N) is 1. The van der Waals surface area contributed by atoms with Crippen molar-refractivity contribution < 1.29 is 31.8 Å². The minimum absolute atomic E-state index is 0.114. The third-order valence-corrected chi connectivity index (χ3v) is 9.02. The summed E-state index contributed by atoms with van der Waals surface area (Å²) in [5.41, 5.74) is 0.996. The molecule has 0 aliphatic carbocycles. The average Bonchev–Trinajstić information content (AvgIpc) is 3.38. The second kappa shape index (κ2) is 14.8. The van der Waals surface area contributed by atoms with Gasteiger partial charge in [0.25, 0.3) is 5.91 Å². The van der Waals surface area contributed by atoms with Gasteiger partial charge in [0.2, 0.25) is 10.0 Å². The summed E-state index contributed by atoms with van der Waals surface area (Å²) in [6.45, 7) is 8.44. The Morgan fingerprint density at radius 3 is 2.42 bits per heavy atom. The van der Waals surface area contributed by atoms with Crippen molar-refractivity contribution in [1.29, 1.82) is 0 Å². The zero-order valence-electron chi connectivity index (χ0n) is 24.1. The molecule has 1 heterocycles. The van der Waals surface area contributed by atoms with Crippen LogP contribution in [0.1, 0.15) is 43.1 Å². The van der Waals surface area contributed by atoms with Crippen molar-refractivity contribution in [2.24, 2.45) is 5.92 Å². The average molecular weight is 580 g/mol. The van der Waals surface area contributed by atoms with Gasteiger partial charge in [-0.3, -0.25) is 4.79 Å². The quantitative estimate of drug-likeness (QED) is 0.323. The summed E-state index contributed by atoms with van der Waals surface area (Å²) in [4.78, 5) is 15.5. The first-order chi connectivity index (χ1) is 19.1. The van der Waals surface area contributed by atoms with Crippen molar-refractivity contribution in [2.45, 2.75) is 45.0 Å². The molecular weight excluding hydrogens is 537 g/mol. The molecule has 11 heteroatoms. The highest BCUT2D eigenvalue weighted by Gasteiger charge is 2.39. The fraction of sp³-hybridized carbons (Fsp3) is 0.552. The fourth-order valence-electron chi connectivity index (χ4n) is 5.01. The van der Waals surface area contributed by atoms with Crippen molar-refractivity contribution in [3.05, 3.63) is 59.4 Å². The molecule has 1 saturated heterocycles. The summed E-state index contributed by atoms with van der Waals surface area (Å²) < 4.78 is 58.1. The number of rotatable bonds is 15. The van der Waals surface area contributed by atoms with Crippen LogP contribution in [0.5, 0.6) is 11.5 Å². The maximum atomic E-state index is 13.7. The van der Waals surface area contributed by atoms with E-state index in [-0.39, 0.29) is 29.7 Å². The lowest BCUT2D eigenvalue weighted by Gasteiger charge is -2.35. The Morgan fingerprint density at radius 1 is 1.07 bits per heavy atom. The minimum atomic E-state index is -3.68. The van der Waals surface area contributed by atoms with Crippen LogP contribution in [0, 0.1) is 11.7 Å². The monoisotopic (exact) mass is 579 g/mol. The van der Waals surface area contributed by atoms with Crippen LogP contribution in [0.4, 0.5) is 4.39 Å². The predicted octanol–water partition coefficient (Wildman–Crippen LogP) is 3.54. The van der Waals surface area contributed by atoms with Crippen molar-refractivity contribution in [3.8, 4) is 11.5 Å².